The van der Waals surface area contributed by atoms with Crippen molar-refractivity contribution in [1.82, 2.24) is 9.80 Å². The van der Waals surface area contributed by atoms with Crippen LogP contribution >= 0.6 is 15.9 Å². The van der Waals surface area contributed by atoms with Crippen molar-refractivity contribution in [3.63, 3.8) is 0 Å². The molecule has 1 heterocycles. The highest BCUT2D eigenvalue weighted by Crippen LogP contribution is 2.25. The molecular formula is C14H18BrN3O2. The molecule has 0 saturated carbocycles. The number of halogens is 1. The van der Waals surface area contributed by atoms with Gasteiger partial charge in [0.1, 0.15) is 0 Å². The topological polar surface area (TPSA) is 66.6 Å². The first-order valence-corrected chi connectivity index (χ1v) is 7.39. The lowest BCUT2D eigenvalue weighted by Crippen LogP contribution is -2.36. The number of nitrogen functional groups attached to an aromatic ring is 1. The van der Waals surface area contributed by atoms with Crippen molar-refractivity contribution in [2.75, 3.05) is 31.9 Å². The van der Waals surface area contributed by atoms with E-state index in [1.165, 1.54) is 0 Å². The molecule has 2 N–H and O–H groups in total. The number of anilines is 1. The van der Waals surface area contributed by atoms with Crippen LogP contribution in [0.1, 0.15) is 23.7 Å². The van der Waals surface area contributed by atoms with Crippen LogP contribution in [-0.2, 0) is 4.79 Å². The Morgan fingerprint density at radius 3 is 2.50 bits per heavy atom. The van der Waals surface area contributed by atoms with Crippen LogP contribution in [0.25, 0.3) is 0 Å². The van der Waals surface area contributed by atoms with Gasteiger partial charge in [-0.15, -0.1) is 0 Å². The first kappa shape index (κ1) is 14.8. The van der Waals surface area contributed by atoms with Crippen LogP contribution in [-0.4, -0.2) is 47.8 Å². The monoisotopic (exact) mass is 339 g/mol. The van der Waals surface area contributed by atoms with Gasteiger partial charge in [-0.2, -0.15) is 0 Å². The van der Waals surface area contributed by atoms with E-state index in [0.29, 0.717) is 41.9 Å². The maximum Gasteiger partial charge on any atom is 0.255 e. The van der Waals surface area contributed by atoms with E-state index in [0.717, 1.165) is 6.42 Å². The number of benzene rings is 1. The van der Waals surface area contributed by atoms with Crippen LogP contribution in [0.3, 0.4) is 0 Å². The van der Waals surface area contributed by atoms with Gasteiger partial charge in [-0.25, -0.2) is 0 Å². The van der Waals surface area contributed by atoms with E-state index in [9.17, 15) is 9.59 Å². The number of carbonyl (C=O) groups is 2. The maximum atomic E-state index is 12.5. The molecule has 2 rings (SSSR count). The van der Waals surface area contributed by atoms with E-state index in [4.69, 9.17) is 5.73 Å². The Balaban J connectivity index is 2.13. The summed E-state index contributed by atoms with van der Waals surface area (Å²) in [6, 6.07) is 5.28. The van der Waals surface area contributed by atoms with Crippen LogP contribution in [0.15, 0.2) is 22.7 Å². The average Bonchev–Trinajstić information content (AvgIpc) is 2.67. The first-order valence-electron chi connectivity index (χ1n) is 6.59. The van der Waals surface area contributed by atoms with Gasteiger partial charge in [0.05, 0.1) is 10.0 Å². The third-order valence-electron chi connectivity index (χ3n) is 3.49. The van der Waals surface area contributed by atoms with Gasteiger partial charge in [0.15, 0.2) is 0 Å². The van der Waals surface area contributed by atoms with Gasteiger partial charge in [0.2, 0.25) is 5.91 Å². The van der Waals surface area contributed by atoms with Gasteiger partial charge in [0.25, 0.3) is 5.91 Å². The summed E-state index contributed by atoms with van der Waals surface area (Å²) in [6.07, 6.45) is 0.797. The third-order valence-corrected chi connectivity index (χ3v) is 4.37. The van der Waals surface area contributed by atoms with E-state index in [2.05, 4.69) is 15.9 Å². The lowest BCUT2D eigenvalue weighted by molar-refractivity contribution is -0.128. The molecule has 0 bridgehead atoms. The molecule has 1 fully saturated rings. The maximum absolute atomic E-state index is 12.5. The quantitative estimate of drug-likeness (QED) is 0.792. The fourth-order valence-corrected chi connectivity index (χ4v) is 2.75. The van der Waals surface area contributed by atoms with Crippen molar-refractivity contribution in [1.29, 1.82) is 0 Å². The zero-order valence-corrected chi connectivity index (χ0v) is 13.0. The lowest BCUT2D eigenvalue weighted by atomic mass is 10.1. The van der Waals surface area contributed by atoms with E-state index in [1.807, 2.05) is 0 Å². The Bertz CT molecular complexity index is 533. The van der Waals surface area contributed by atoms with Gasteiger partial charge in [-0.3, -0.25) is 9.59 Å². The molecule has 1 saturated heterocycles. The molecule has 1 aromatic carbocycles. The summed E-state index contributed by atoms with van der Waals surface area (Å²) in [5, 5.41) is 0. The number of nitrogens with zero attached hydrogens (tertiary/aromatic N) is 2. The summed E-state index contributed by atoms with van der Waals surface area (Å²) in [4.78, 5) is 27.5. The Labute approximate surface area is 126 Å². The molecule has 1 aromatic rings. The summed E-state index contributed by atoms with van der Waals surface area (Å²) in [6.45, 7) is 4.06. The predicted octanol–water partition coefficient (Wildman–Crippen LogP) is 1.73. The molecular weight excluding hydrogens is 322 g/mol. The highest BCUT2D eigenvalue weighted by atomic mass is 79.9. The number of nitrogens with two attached hydrogens (primary N) is 1. The van der Waals surface area contributed by atoms with Crippen molar-refractivity contribution in [3.8, 4) is 0 Å². The summed E-state index contributed by atoms with van der Waals surface area (Å²) in [7, 11) is 0. The Morgan fingerprint density at radius 1 is 1.15 bits per heavy atom. The second-order valence-corrected chi connectivity index (χ2v) is 5.65. The minimum Gasteiger partial charge on any atom is -0.398 e. The average molecular weight is 340 g/mol. The van der Waals surface area contributed by atoms with Gasteiger partial charge in [0, 0.05) is 38.8 Å². The fourth-order valence-electron chi connectivity index (χ4n) is 2.32. The molecule has 6 heteroatoms. The third kappa shape index (κ3) is 3.12. The lowest BCUT2D eigenvalue weighted by Gasteiger charge is -2.22. The van der Waals surface area contributed by atoms with Gasteiger partial charge < -0.3 is 15.5 Å². The molecule has 0 aromatic heterocycles. The standard InChI is InChI=1S/C14H18BrN3O2/c1-10(19)17-6-3-7-18(9-8-17)14(20)11-4-2-5-12(16)13(11)15/h2,4-5H,3,6-9,16H2,1H3. The smallest absolute Gasteiger partial charge is 0.255 e. The van der Waals surface area contributed by atoms with E-state index in [1.54, 1.807) is 34.9 Å². The molecule has 0 atom stereocenters. The molecule has 20 heavy (non-hydrogen) atoms. The fraction of sp³-hybridized carbons (Fsp3) is 0.429. The summed E-state index contributed by atoms with van der Waals surface area (Å²) < 4.78 is 0.637. The Hall–Kier alpha value is -1.56. The van der Waals surface area contributed by atoms with Crippen molar-refractivity contribution >= 4 is 33.4 Å². The molecule has 1 aliphatic rings. The molecule has 0 unspecified atom stereocenters. The number of amides is 2. The number of hydrogen-bond acceptors (Lipinski definition) is 3. The van der Waals surface area contributed by atoms with Gasteiger partial charge >= 0.3 is 0 Å². The largest absolute Gasteiger partial charge is 0.398 e. The van der Waals surface area contributed by atoms with Crippen LogP contribution in [0.2, 0.25) is 0 Å². The van der Waals surface area contributed by atoms with Crippen LogP contribution in [0.5, 0.6) is 0 Å². The molecule has 0 aliphatic carbocycles. The second-order valence-electron chi connectivity index (χ2n) is 4.86. The Kier molecular flexibility index (Phi) is 4.65. The van der Waals surface area contributed by atoms with Crippen molar-refractivity contribution in [3.05, 3.63) is 28.2 Å². The van der Waals surface area contributed by atoms with Crippen LogP contribution < -0.4 is 5.73 Å². The van der Waals surface area contributed by atoms with Crippen LogP contribution in [0.4, 0.5) is 5.69 Å². The van der Waals surface area contributed by atoms with E-state index >= 15 is 0 Å². The number of hydrogen-bond donors (Lipinski definition) is 1. The molecule has 1 aliphatic heterocycles. The first-order chi connectivity index (χ1) is 9.50. The highest BCUT2D eigenvalue weighted by Gasteiger charge is 2.23. The normalized spacial score (nSPS) is 15.9. The van der Waals surface area contributed by atoms with Crippen molar-refractivity contribution < 1.29 is 9.59 Å². The minimum absolute atomic E-state index is 0.0467. The minimum atomic E-state index is -0.0467. The van der Waals surface area contributed by atoms with Gasteiger partial charge in [-0.05, 0) is 34.5 Å². The molecule has 0 radical (unpaired) electrons. The van der Waals surface area contributed by atoms with Gasteiger partial charge in [-0.1, -0.05) is 6.07 Å². The van der Waals surface area contributed by atoms with E-state index < -0.39 is 0 Å². The zero-order valence-electron chi connectivity index (χ0n) is 11.4. The zero-order chi connectivity index (χ0) is 14.7. The summed E-state index contributed by atoms with van der Waals surface area (Å²) >= 11 is 3.36. The van der Waals surface area contributed by atoms with Crippen molar-refractivity contribution in [2.24, 2.45) is 0 Å². The molecule has 0 spiro atoms. The molecule has 108 valence electrons. The molecule has 5 nitrogen and oxygen atoms in total. The summed E-state index contributed by atoms with van der Waals surface area (Å²) in [5.41, 5.74) is 6.93. The van der Waals surface area contributed by atoms with Crippen LogP contribution in [0, 0.1) is 0 Å². The molecule has 2 amide bonds. The predicted molar refractivity (Wildman–Crippen MR) is 81.3 cm³/mol. The van der Waals surface area contributed by atoms with Crippen molar-refractivity contribution in [2.45, 2.75) is 13.3 Å². The number of carbonyl (C=O) groups excluding carboxylic acids is 2. The van der Waals surface area contributed by atoms with E-state index in [-0.39, 0.29) is 11.8 Å². The Morgan fingerprint density at radius 2 is 1.80 bits per heavy atom. The highest BCUT2D eigenvalue weighted by molar-refractivity contribution is 9.10. The second kappa shape index (κ2) is 6.26. The summed E-state index contributed by atoms with van der Waals surface area (Å²) in [5.74, 6) is 0.0130. The number of rotatable bonds is 1. The SMILES string of the molecule is CC(=O)N1CCCN(C(=O)c2cccc(N)c2Br)CC1.